The molecule has 0 saturated carbocycles. The molecule has 5 rings (SSSR count). The van der Waals surface area contributed by atoms with Crippen molar-refractivity contribution >= 4 is 34.9 Å². The predicted molar refractivity (Wildman–Crippen MR) is 132 cm³/mol. The third-order valence-electron chi connectivity index (χ3n) is 5.91. The van der Waals surface area contributed by atoms with Gasteiger partial charge in [0.25, 0.3) is 0 Å². The molecule has 0 unspecified atom stereocenters. The number of carbonyl (C=O) groups is 1. The Morgan fingerprint density at radius 1 is 1.12 bits per heavy atom. The minimum absolute atomic E-state index is 0.0346. The summed E-state index contributed by atoms with van der Waals surface area (Å²) in [5, 5.41) is 18.4. The van der Waals surface area contributed by atoms with Gasteiger partial charge in [-0.1, -0.05) is 35.3 Å². The molecule has 0 aliphatic carbocycles. The van der Waals surface area contributed by atoms with E-state index in [1.807, 2.05) is 60.5 Å². The van der Waals surface area contributed by atoms with Gasteiger partial charge < -0.3 is 0 Å². The lowest BCUT2D eigenvalue weighted by Crippen LogP contribution is -2.36. The molecule has 0 fully saturated rings. The fraction of sp³-hybridized carbons (Fsp3) is 0.292. The highest BCUT2D eigenvalue weighted by Crippen LogP contribution is 2.35. The van der Waals surface area contributed by atoms with Crippen LogP contribution in [0.4, 0.5) is 5.82 Å². The second-order valence-corrected chi connectivity index (χ2v) is 9.41. The summed E-state index contributed by atoms with van der Waals surface area (Å²) in [7, 11) is 0. The number of aryl methyl sites for hydroxylation is 2. The number of hydrogen-bond acceptors (Lipinski definition) is 5. The van der Waals surface area contributed by atoms with Gasteiger partial charge in [-0.15, -0.1) is 0 Å². The third kappa shape index (κ3) is 3.97. The zero-order valence-corrected chi connectivity index (χ0v) is 20.5. The van der Waals surface area contributed by atoms with Crippen molar-refractivity contribution < 1.29 is 4.79 Å². The molecule has 34 heavy (non-hydrogen) atoms. The molecule has 0 radical (unpaired) electrons. The monoisotopic (exact) mass is 495 g/mol. The van der Waals surface area contributed by atoms with Crippen molar-refractivity contribution in [3.63, 3.8) is 0 Å². The summed E-state index contributed by atoms with van der Waals surface area (Å²) >= 11 is 13.1. The number of benzene rings is 1. The van der Waals surface area contributed by atoms with Crippen LogP contribution in [0.15, 0.2) is 42.7 Å². The van der Waals surface area contributed by atoms with E-state index in [9.17, 15) is 4.79 Å². The van der Waals surface area contributed by atoms with E-state index in [4.69, 9.17) is 28.3 Å². The van der Waals surface area contributed by atoms with Crippen LogP contribution in [0.2, 0.25) is 10.0 Å². The van der Waals surface area contributed by atoms with Crippen LogP contribution in [-0.2, 0) is 17.9 Å². The number of fused-ring (bicyclic) bond motifs is 1. The molecule has 10 heteroatoms. The molecule has 0 saturated heterocycles. The lowest BCUT2D eigenvalue weighted by Gasteiger charge is -2.27. The second-order valence-electron chi connectivity index (χ2n) is 8.60. The molecule has 1 amide bonds. The first-order valence-corrected chi connectivity index (χ1v) is 11.8. The van der Waals surface area contributed by atoms with E-state index in [1.54, 1.807) is 17.3 Å². The van der Waals surface area contributed by atoms with Crippen molar-refractivity contribution in [1.82, 2.24) is 29.8 Å². The molecule has 1 aliphatic heterocycles. The average Bonchev–Trinajstić information content (AvgIpc) is 3.40. The molecule has 1 aliphatic rings. The number of amides is 1. The highest BCUT2D eigenvalue weighted by molar-refractivity contribution is 6.33. The number of nitrogens with zero attached hydrogens (tertiary/aromatic N) is 7. The quantitative estimate of drug-likeness (QED) is 0.373. The maximum atomic E-state index is 12.9. The van der Waals surface area contributed by atoms with E-state index < -0.39 is 0 Å². The van der Waals surface area contributed by atoms with Crippen molar-refractivity contribution in [2.24, 2.45) is 0 Å². The van der Waals surface area contributed by atoms with E-state index in [2.05, 4.69) is 15.3 Å². The van der Waals surface area contributed by atoms with Crippen LogP contribution in [0, 0.1) is 6.92 Å². The van der Waals surface area contributed by atoms with Gasteiger partial charge in [-0.3, -0.25) is 14.4 Å². The van der Waals surface area contributed by atoms with Crippen molar-refractivity contribution in [3.8, 4) is 22.6 Å². The van der Waals surface area contributed by atoms with Crippen LogP contribution < -0.4 is 4.90 Å². The van der Waals surface area contributed by atoms with Gasteiger partial charge in [0.05, 0.1) is 35.0 Å². The molecule has 3 aromatic heterocycles. The van der Waals surface area contributed by atoms with Crippen molar-refractivity contribution in [3.05, 3.63) is 63.9 Å². The molecule has 8 nitrogen and oxygen atoms in total. The van der Waals surface area contributed by atoms with E-state index in [1.165, 1.54) is 0 Å². The van der Waals surface area contributed by atoms with Gasteiger partial charge in [0.2, 0.25) is 5.91 Å². The second kappa shape index (κ2) is 8.85. The van der Waals surface area contributed by atoms with Crippen molar-refractivity contribution in [2.45, 2.75) is 46.3 Å². The molecule has 1 aromatic carbocycles. The number of carbonyl (C=O) groups excluding carboxylic acids is 1. The SMILES string of the molecule is Cc1ccnnc1-c1ccc(CN2C(=O)CCn3nc(-c4c(Cl)cnn4C(C)C)cc32)cc1Cl. The Balaban J connectivity index is 1.48. The smallest absolute Gasteiger partial charge is 0.230 e. The molecule has 0 bridgehead atoms. The fourth-order valence-electron chi connectivity index (χ4n) is 4.20. The van der Waals surface area contributed by atoms with Crippen molar-refractivity contribution in [2.75, 3.05) is 4.90 Å². The average molecular weight is 496 g/mol. The Kier molecular flexibility index (Phi) is 5.87. The van der Waals surface area contributed by atoms with E-state index in [0.717, 1.165) is 33.9 Å². The molecule has 0 atom stereocenters. The molecular formula is C24H23Cl2N7O. The van der Waals surface area contributed by atoms with Gasteiger partial charge in [-0.05, 0) is 44.0 Å². The zero-order chi connectivity index (χ0) is 24.0. The first kappa shape index (κ1) is 22.6. The Labute approximate surface area is 207 Å². The van der Waals surface area contributed by atoms with Gasteiger partial charge in [-0.25, -0.2) is 4.68 Å². The Hall–Kier alpha value is -3.23. The maximum Gasteiger partial charge on any atom is 0.230 e. The highest BCUT2D eigenvalue weighted by atomic mass is 35.5. The summed E-state index contributed by atoms with van der Waals surface area (Å²) in [5.74, 6) is 0.760. The van der Waals surface area contributed by atoms with Gasteiger partial charge in [0, 0.05) is 30.3 Å². The molecule has 4 heterocycles. The van der Waals surface area contributed by atoms with E-state index in [-0.39, 0.29) is 11.9 Å². The summed E-state index contributed by atoms with van der Waals surface area (Å²) in [5.41, 5.74) is 4.89. The van der Waals surface area contributed by atoms with Crippen LogP contribution in [0.25, 0.3) is 22.6 Å². The summed E-state index contributed by atoms with van der Waals surface area (Å²) < 4.78 is 3.69. The minimum Gasteiger partial charge on any atom is -0.292 e. The number of rotatable bonds is 5. The van der Waals surface area contributed by atoms with Gasteiger partial charge in [0.15, 0.2) is 0 Å². The summed E-state index contributed by atoms with van der Waals surface area (Å²) in [6.45, 7) is 6.93. The Morgan fingerprint density at radius 2 is 1.94 bits per heavy atom. The molecular weight excluding hydrogens is 473 g/mol. The number of aromatic nitrogens is 6. The minimum atomic E-state index is 0.0346. The standard InChI is InChI=1S/C24H23Cl2N7O/c1-14(2)33-24(19(26)12-28-33)20-11-21-31(22(34)7-9-32(21)30-20)13-16-4-5-17(18(25)10-16)23-15(3)6-8-27-29-23/h4-6,8,10-12,14H,7,9,13H2,1-3H3. The fourth-order valence-corrected chi connectivity index (χ4v) is 4.72. The van der Waals surface area contributed by atoms with Crippen LogP contribution >= 0.6 is 23.2 Å². The maximum absolute atomic E-state index is 12.9. The first-order valence-electron chi connectivity index (χ1n) is 11.0. The van der Waals surface area contributed by atoms with Gasteiger partial charge in [-0.2, -0.15) is 20.4 Å². The van der Waals surface area contributed by atoms with Crippen LogP contribution in [-0.4, -0.2) is 35.7 Å². The number of hydrogen-bond donors (Lipinski definition) is 0. The molecule has 0 N–H and O–H groups in total. The zero-order valence-electron chi connectivity index (χ0n) is 19.0. The third-order valence-corrected chi connectivity index (χ3v) is 6.50. The highest BCUT2D eigenvalue weighted by Gasteiger charge is 2.28. The van der Waals surface area contributed by atoms with Crippen LogP contribution in [0.1, 0.15) is 37.4 Å². The first-order chi connectivity index (χ1) is 16.3. The number of anilines is 1. The number of halogens is 2. The van der Waals surface area contributed by atoms with Crippen LogP contribution in [0.5, 0.6) is 0 Å². The Bertz CT molecular complexity index is 1390. The topological polar surface area (TPSA) is 81.7 Å². The summed E-state index contributed by atoms with van der Waals surface area (Å²) in [6.07, 6.45) is 3.65. The Morgan fingerprint density at radius 3 is 2.68 bits per heavy atom. The van der Waals surface area contributed by atoms with Crippen molar-refractivity contribution in [1.29, 1.82) is 0 Å². The molecule has 0 spiro atoms. The van der Waals surface area contributed by atoms with E-state index >= 15 is 0 Å². The normalized spacial score (nSPS) is 13.6. The van der Waals surface area contributed by atoms with Crippen LogP contribution in [0.3, 0.4) is 0 Å². The van der Waals surface area contributed by atoms with E-state index in [0.29, 0.717) is 35.2 Å². The molecule has 4 aromatic rings. The van der Waals surface area contributed by atoms with Gasteiger partial charge >= 0.3 is 0 Å². The largest absolute Gasteiger partial charge is 0.292 e. The lowest BCUT2D eigenvalue weighted by atomic mass is 10.0. The van der Waals surface area contributed by atoms with Gasteiger partial charge in [0.1, 0.15) is 17.2 Å². The summed E-state index contributed by atoms with van der Waals surface area (Å²) in [4.78, 5) is 14.6. The summed E-state index contributed by atoms with van der Waals surface area (Å²) in [6, 6.07) is 9.68. The lowest BCUT2D eigenvalue weighted by molar-refractivity contribution is -0.119. The molecule has 174 valence electrons. The predicted octanol–water partition coefficient (Wildman–Crippen LogP) is 5.34.